The maximum absolute atomic E-state index is 12.0. The van der Waals surface area contributed by atoms with E-state index in [0.717, 1.165) is 24.8 Å². The molecule has 1 aliphatic carbocycles. The van der Waals surface area contributed by atoms with Crippen molar-refractivity contribution in [2.75, 3.05) is 0 Å². The van der Waals surface area contributed by atoms with Crippen molar-refractivity contribution >= 4 is 17.5 Å². The van der Waals surface area contributed by atoms with Gasteiger partial charge in [-0.05, 0) is 48.1 Å². The van der Waals surface area contributed by atoms with Crippen molar-refractivity contribution in [2.45, 2.75) is 25.7 Å². The summed E-state index contributed by atoms with van der Waals surface area (Å²) in [6.45, 7) is 0. The lowest BCUT2D eigenvalue weighted by molar-refractivity contribution is -0.384. The van der Waals surface area contributed by atoms with Gasteiger partial charge in [0.05, 0.1) is 11.3 Å². The molecule has 0 saturated heterocycles. The van der Waals surface area contributed by atoms with E-state index in [1.165, 1.54) is 35.4 Å². The van der Waals surface area contributed by atoms with E-state index in [-0.39, 0.29) is 23.6 Å². The van der Waals surface area contributed by atoms with Gasteiger partial charge in [-0.25, -0.2) is 0 Å². The molecular weight excluding hydrogens is 322 g/mol. The Morgan fingerprint density at radius 2 is 1.72 bits per heavy atom. The number of carbonyl (C=O) groups is 2. The van der Waals surface area contributed by atoms with Gasteiger partial charge in [0.15, 0.2) is 0 Å². The Morgan fingerprint density at radius 1 is 1.00 bits per heavy atom. The molecule has 7 heteroatoms. The summed E-state index contributed by atoms with van der Waals surface area (Å²) in [4.78, 5) is 34.0. The molecular formula is C18H17N3O4. The molecule has 0 saturated carbocycles. The number of aryl methyl sites for hydroxylation is 2. The fraction of sp³-hybridized carbons (Fsp3) is 0.222. The monoisotopic (exact) mass is 339 g/mol. The second kappa shape index (κ2) is 7.12. The number of hydrogen-bond donors (Lipinski definition) is 2. The summed E-state index contributed by atoms with van der Waals surface area (Å²) in [6.07, 6.45) is 3.46. The predicted molar refractivity (Wildman–Crippen MR) is 90.9 cm³/mol. The van der Waals surface area contributed by atoms with E-state index in [2.05, 4.69) is 16.9 Å². The minimum Gasteiger partial charge on any atom is -0.273 e. The first-order valence-corrected chi connectivity index (χ1v) is 7.97. The maximum Gasteiger partial charge on any atom is 0.269 e. The highest BCUT2D eigenvalue weighted by Crippen LogP contribution is 2.22. The van der Waals surface area contributed by atoms with Crippen LogP contribution in [0.15, 0.2) is 42.5 Å². The van der Waals surface area contributed by atoms with Crippen LogP contribution in [0.1, 0.15) is 33.5 Å². The van der Waals surface area contributed by atoms with E-state index in [1.54, 1.807) is 0 Å². The Kier molecular flexibility index (Phi) is 4.74. The molecule has 0 spiro atoms. The van der Waals surface area contributed by atoms with Crippen molar-refractivity contribution < 1.29 is 14.5 Å². The summed E-state index contributed by atoms with van der Waals surface area (Å²) in [5, 5.41) is 10.6. The minimum absolute atomic E-state index is 0.0998. The lowest BCUT2D eigenvalue weighted by atomic mass is 10.0. The topological polar surface area (TPSA) is 101 Å². The van der Waals surface area contributed by atoms with Crippen molar-refractivity contribution in [3.05, 3.63) is 74.8 Å². The van der Waals surface area contributed by atoms with E-state index in [0.29, 0.717) is 0 Å². The summed E-state index contributed by atoms with van der Waals surface area (Å²) in [5.74, 6) is -0.856. The van der Waals surface area contributed by atoms with Gasteiger partial charge in [-0.1, -0.05) is 18.2 Å². The van der Waals surface area contributed by atoms with E-state index in [9.17, 15) is 19.7 Å². The van der Waals surface area contributed by atoms with Gasteiger partial charge in [0.2, 0.25) is 5.91 Å². The molecule has 0 fully saturated rings. The summed E-state index contributed by atoms with van der Waals surface area (Å²) >= 11 is 0. The van der Waals surface area contributed by atoms with Crippen LogP contribution in [0.4, 0.5) is 5.69 Å². The van der Waals surface area contributed by atoms with Crippen LogP contribution in [-0.2, 0) is 24.1 Å². The Bertz CT molecular complexity index is 831. The van der Waals surface area contributed by atoms with Gasteiger partial charge < -0.3 is 0 Å². The maximum atomic E-state index is 12.0. The Balaban J connectivity index is 1.53. The number of non-ortho nitro benzene ring substituents is 1. The molecule has 0 unspecified atom stereocenters. The Labute approximate surface area is 144 Å². The zero-order valence-corrected chi connectivity index (χ0v) is 13.5. The fourth-order valence-electron chi connectivity index (χ4n) is 2.90. The molecule has 0 heterocycles. The van der Waals surface area contributed by atoms with E-state index >= 15 is 0 Å². The van der Waals surface area contributed by atoms with Crippen LogP contribution >= 0.6 is 0 Å². The van der Waals surface area contributed by atoms with Crippen molar-refractivity contribution in [3.8, 4) is 0 Å². The SMILES string of the molecule is O=C(Cc1ccc2c(c1)CCC2)NNC(=O)c1ccc([N+](=O)[O-])cc1. The second-order valence-electron chi connectivity index (χ2n) is 5.94. The summed E-state index contributed by atoms with van der Waals surface area (Å²) in [7, 11) is 0. The molecule has 25 heavy (non-hydrogen) atoms. The smallest absolute Gasteiger partial charge is 0.269 e. The fourth-order valence-corrected chi connectivity index (χ4v) is 2.90. The Hall–Kier alpha value is -3.22. The number of carbonyl (C=O) groups excluding carboxylic acids is 2. The van der Waals surface area contributed by atoms with Crippen LogP contribution in [0.3, 0.4) is 0 Å². The summed E-state index contributed by atoms with van der Waals surface area (Å²) < 4.78 is 0. The van der Waals surface area contributed by atoms with E-state index < -0.39 is 10.8 Å². The van der Waals surface area contributed by atoms with Crippen LogP contribution in [0.25, 0.3) is 0 Å². The highest BCUT2D eigenvalue weighted by Gasteiger charge is 2.13. The molecule has 2 aromatic carbocycles. The average molecular weight is 339 g/mol. The largest absolute Gasteiger partial charge is 0.273 e. The molecule has 1 aliphatic rings. The molecule has 0 aromatic heterocycles. The molecule has 0 radical (unpaired) electrons. The third kappa shape index (κ3) is 4.00. The van der Waals surface area contributed by atoms with Crippen molar-refractivity contribution in [3.63, 3.8) is 0 Å². The van der Waals surface area contributed by atoms with E-state index in [1.807, 2.05) is 12.1 Å². The van der Waals surface area contributed by atoms with Crippen molar-refractivity contribution in [1.82, 2.24) is 10.9 Å². The predicted octanol–water partition coefficient (Wildman–Crippen LogP) is 2.09. The number of hydrazine groups is 1. The van der Waals surface area contributed by atoms with Gasteiger partial charge >= 0.3 is 0 Å². The van der Waals surface area contributed by atoms with E-state index in [4.69, 9.17) is 0 Å². The van der Waals surface area contributed by atoms with Gasteiger partial charge in [-0.3, -0.25) is 30.6 Å². The average Bonchev–Trinajstić information content (AvgIpc) is 3.07. The summed E-state index contributed by atoms with van der Waals surface area (Å²) in [5.41, 5.74) is 8.34. The zero-order chi connectivity index (χ0) is 17.8. The molecule has 0 atom stereocenters. The van der Waals surface area contributed by atoms with Crippen LogP contribution < -0.4 is 10.9 Å². The Morgan fingerprint density at radius 3 is 2.44 bits per heavy atom. The molecule has 2 N–H and O–H groups in total. The number of fused-ring (bicyclic) bond motifs is 1. The zero-order valence-electron chi connectivity index (χ0n) is 13.5. The van der Waals surface area contributed by atoms with Crippen LogP contribution in [0, 0.1) is 10.1 Å². The molecule has 7 nitrogen and oxygen atoms in total. The molecule has 2 aromatic rings. The molecule has 0 bridgehead atoms. The first-order valence-electron chi connectivity index (χ1n) is 7.97. The first kappa shape index (κ1) is 16.6. The number of nitro groups is 1. The van der Waals surface area contributed by atoms with Crippen LogP contribution in [-0.4, -0.2) is 16.7 Å². The van der Waals surface area contributed by atoms with Crippen LogP contribution in [0.5, 0.6) is 0 Å². The first-order chi connectivity index (χ1) is 12.0. The molecule has 0 aliphatic heterocycles. The van der Waals surface area contributed by atoms with Crippen LogP contribution in [0.2, 0.25) is 0 Å². The third-order valence-electron chi connectivity index (χ3n) is 4.18. The lowest BCUT2D eigenvalue weighted by Gasteiger charge is -2.08. The normalized spacial score (nSPS) is 12.3. The highest BCUT2D eigenvalue weighted by atomic mass is 16.6. The highest BCUT2D eigenvalue weighted by molar-refractivity contribution is 5.95. The van der Waals surface area contributed by atoms with Gasteiger partial charge in [0, 0.05) is 17.7 Å². The van der Waals surface area contributed by atoms with Gasteiger partial charge in [0.1, 0.15) is 0 Å². The van der Waals surface area contributed by atoms with Gasteiger partial charge in [-0.2, -0.15) is 0 Å². The van der Waals surface area contributed by atoms with Gasteiger partial charge in [-0.15, -0.1) is 0 Å². The standard InChI is InChI=1S/C18H17N3O4/c22-17(11-12-4-5-13-2-1-3-15(13)10-12)19-20-18(23)14-6-8-16(9-7-14)21(24)25/h4-10H,1-3,11H2,(H,19,22)(H,20,23). The summed E-state index contributed by atoms with van der Waals surface area (Å²) in [6, 6.07) is 11.2. The number of rotatable bonds is 4. The number of nitrogens with one attached hydrogen (secondary N) is 2. The second-order valence-corrected chi connectivity index (χ2v) is 5.94. The number of amides is 2. The minimum atomic E-state index is -0.542. The third-order valence-corrected chi connectivity index (χ3v) is 4.18. The lowest BCUT2D eigenvalue weighted by Crippen LogP contribution is -2.42. The number of nitrogens with zero attached hydrogens (tertiary/aromatic N) is 1. The number of nitro benzene ring substituents is 1. The number of hydrogen-bond acceptors (Lipinski definition) is 4. The van der Waals surface area contributed by atoms with Gasteiger partial charge in [0.25, 0.3) is 11.6 Å². The molecule has 128 valence electrons. The number of benzene rings is 2. The molecule has 3 rings (SSSR count). The van der Waals surface area contributed by atoms with Crippen molar-refractivity contribution in [2.24, 2.45) is 0 Å². The molecule has 2 amide bonds. The van der Waals surface area contributed by atoms with Crippen molar-refractivity contribution in [1.29, 1.82) is 0 Å². The quantitative estimate of drug-likeness (QED) is 0.658.